The molecule has 5 heteroatoms. The number of para-hydroxylation sites is 1. The van der Waals surface area contributed by atoms with E-state index in [0.717, 1.165) is 11.1 Å². The molecule has 2 aromatic carbocycles. The molecule has 1 atom stereocenters. The second-order valence-corrected chi connectivity index (χ2v) is 6.02. The van der Waals surface area contributed by atoms with E-state index in [9.17, 15) is 9.90 Å². The number of rotatable bonds is 8. The summed E-state index contributed by atoms with van der Waals surface area (Å²) in [6, 6.07) is 12.8. The number of hydrogen-bond donors (Lipinski definition) is 1. The number of carbonyl (C=O) groups is 1. The number of carboxylic acid groups (broad SMARTS) is 1. The molecule has 0 amide bonds. The van der Waals surface area contributed by atoms with Crippen LogP contribution in [-0.2, 0) is 11.2 Å². The third kappa shape index (κ3) is 4.66. The van der Waals surface area contributed by atoms with Crippen LogP contribution in [0.1, 0.15) is 30.9 Å². The summed E-state index contributed by atoms with van der Waals surface area (Å²) in [6.45, 7) is 4.09. The smallest absolute Gasteiger partial charge is 0.345 e. The molecule has 1 N–H and O–H groups in total. The second kappa shape index (κ2) is 8.42. The highest BCUT2D eigenvalue weighted by Gasteiger charge is 2.23. The van der Waals surface area contributed by atoms with Gasteiger partial charge in [0.25, 0.3) is 0 Å². The molecule has 0 unspecified atom stereocenters. The predicted octanol–water partition coefficient (Wildman–Crippen LogP) is 3.90. The molecule has 5 nitrogen and oxygen atoms in total. The average molecular weight is 344 g/mol. The number of aliphatic carboxylic acids is 1. The van der Waals surface area contributed by atoms with Crippen molar-refractivity contribution in [2.45, 2.75) is 32.3 Å². The molecule has 0 aliphatic rings. The van der Waals surface area contributed by atoms with Crippen LogP contribution in [0.4, 0.5) is 0 Å². The van der Waals surface area contributed by atoms with E-state index in [1.807, 2.05) is 32.0 Å². The molecular weight excluding hydrogens is 320 g/mol. The van der Waals surface area contributed by atoms with Gasteiger partial charge < -0.3 is 19.3 Å². The average Bonchev–Trinajstić information content (AvgIpc) is 2.61. The van der Waals surface area contributed by atoms with Crippen LogP contribution in [0.3, 0.4) is 0 Å². The van der Waals surface area contributed by atoms with Crippen molar-refractivity contribution in [3.63, 3.8) is 0 Å². The fraction of sp³-hybridized carbons (Fsp3) is 0.350. The van der Waals surface area contributed by atoms with Crippen LogP contribution in [0.15, 0.2) is 42.5 Å². The first-order chi connectivity index (χ1) is 12.0. The molecule has 0 bridgehead atoms. The first-order valence-electron chi connectivity index (χ1n) is 8.15. The summed E-state index contributed by atoms with van der Waals surface area (Å²) in [5.41, 5.74) is 1.70. The van der Waals surface area contributed by atoms with Crippen LogP contribution >= 0.6 is 0 Å². The quantitative estimate of drug-likeness (QED) is 0.787. The Hall–Kier alpha value is -2.69. The number of ether oxygens (including phenoxy) is 3. The Bertz CT molecular complexity index is 724. The molecule has 134 valence electrons. The number of hydrogen-bond acceptors (Lipinski definition) is 4. The van der Waals surface area contributed by atoms with Gasteiger partial charge in [0.05, 0.1) is 14.2 Å². The van der Waals surface area contributed by atoms with Crippen molar-refractivity contribution in [3.05, 3.63) is 53.6 Å². The van der Waals surface area contributed by atoms with E-state index < -0.39 is 12.1 Å². The topological polar surface area (TPSA) is 65.0 Å². The van der Waals surface area contributed by atoms with Gasteiger partial charge in [-0.25, -0.2) is 4.79 Å². The minimum absolute atomic E-state index is 0.169. The van der Waals surface area contributed by atoms with E-state index in [-0.39, 0.29) is 12.3 Å². The molecule has 0 saturated carbocycles. The van der Waals surface area contributed by atoms with E-state index in [1.54, 1.807) is 38.5 Å². The SMILES string of the molecule is COc1ccc(OC)c(C[C@@H](Oc2ccccc2C(C)C)C(=O)O)c1. The molecule has 2 rings (SSSR count). The van der Waals surface area contributed by atoms with Crippen LogP contribution in [0, 0.1) is 0 Å². The van der Waals surface area contributed by atoms with Crippen LogP contribution in [0.5, 0.6) is 17.2 Å². The Morgan fingerprint density at radius 3 is 2.36 bits per heavy atom. The zero-order chi connectivity index (χ0) is 18.4. The van der Waals surface area contributed by atoms with E-state index >= 15 is 0 Å². The first kappa shape index (κ1) is 18.6. The van der Waals surface area contributed by atoms with Crippen LogP contribution < -0.4 is 14.2 Å². The Labute approximate surface area is 148 Å². The maximum Gasteiger partial charge on any atom is 0.345 e. The molecular formula is C20H24O5. The van der Waals surface area contributed by atoms with Crippen LogP contribution in [0.25, 0.3) is 0 Å². The zero-order valence-corrected chi connectivity index (χ0v) is 15.0. The van der Waals surface area contributed by atoms with Gasteiger partial charge >= 0.3 is 5.97 Å². The molecule has 25 heavy (non-hydrogen) atoms. The van der Waals surface area contributed by atoms with Crippen LogP contribution in [-0.4, -0.2) is 31.4 Å². The van der Waals surface area contributed by atoms with Crippen molar-refractivity contribution in [2.75, 3.05) is 14.2 Å². The fourth-order valence-electron chi connectivity index (χ4n) is 2.64. The molecule has 2 aromatic rings. The lowest BCUT2D eigenvalue weighted by atomic mass is 10.0. The highest BCUT2D eigenvalue weighted by Crippen LogP contribution is 2.29. The third-order valence-corrected chi connectivity index (χ3v) is 3.98. The van der Waals surface area contributed by atoms with Crippen molar-refractivity contribution in [1.29, 1.82) is 0 Å². The molecule has 0 radical (unpaired) electrons. The highest BCUT2D eigenvalue weighted by atomic mass is 16.5. The van der Waals surface area contributed by atoms with Gasteiger partial charge in [0.1, 0.15) is 17.2 Å². The Morgan fingerprint density at radius 2 is 1.76 bits per heavy atom. The molecule has 0 saturated heterocycles. The Kier molecular flexibility index (Phi) is 6.28. The number of carboxylic acids is 1. The summed E-state index contributed by atoms with van der Waals surface area (Å²) in [5.74, 6) is 1.04. The monoisotopic (exact) mass is 344 g/mol. The maximum absolute atomic E-state index is 11.7. The molecule has 0 heterocycles. The van der Waals surface area contributed by atoms with Gasteiger partial charge in [-0.05, 0) is 35.7 Å². The normalized spacial score (nSPS) is 11.9. The van der Waals surface area contributed by atoms with Gasteiger partial charge in [-0.15, -0.1) is 0 Å². The van der Waals surface area contributed by atoms with Gasteiger partial charge in [-0.3, -0.25) is 0 Å². The van der Waals surface area contributed by atoms with E-state index in [2.05, 4.69) is 0 Å². The Balaban J connectivity index is 2.30. The molecule has 0 aromatic heterocycles. The zero-order valence-electron chi connectivity index (χ0n) is 15.0. The van der Waals surface area contributed by atoms with Crippen LogP contribution in [0.2, 0.25) is 0 Å². The molecule has 0 aliphatic carbocycles. The lowest BCUT2D eigenvalue weighted by Gasteiger charge is -2.20. The lowest BCUT2D eigenvalue weighted by molar-refractivity contribution is -0.145. The summed E-state index contributed by atoms with van der Waals surface area (Å²) in [5, 5.41) is 9.62. The fourth-order valence-corrected chi connectivity index (χ4v) is 2.64. The third-order valence-electron chi connectivity index (χ3n) is 3.98. The molecule has 0 fully saturated rings. The highest BCUT2D eigenvalue weighted by molar-refractivity contribution is 5.73. The van der Waals surface area contributed by atoms with Crippen molar-refractivity contribution >= 4 is 5.97 Å². The van der Waals surface area contributed by atoms with Crippen molar-refractivity contribution in [3.8, 4) is 17.2 Å². The van der Waals surface area contributed by atoms with Gasteiger partial charge in [-0.2, -0.15) is 0 Å². The second-order valence-electron chi connectivity index (χ2n) is 6.02. The van der Waals surface area contributed by atoms with Gasteiger partial charge in [0, 0.05) is 12.0 Å². The maximum atomic E-state index is 11.7. The summed E-state index contributed by atoms with van der Waals surface area (Å²) >= 11 is 0. The largest absolute Gasteiger partial charge is 0.497 e. The summed E-state index contributed by atoms with van der Waals surface area (Å²) < 4.78 is 16.4. The minimum Gasteiger partial charge on any atom is -0.497 e. The minimum atomic E-state index is -1.03. The van der Waals surface area contributed by atoms with Gasteiger partial charge in [0.2, 0.25) is 0 Å². The lowest BCUT2D eigenvalue weighted by Crippen LogP contribution is -2.30. The first-order valence-corrected chi connectivity index (χ1v) is 8.15. The standard InChI is InChI=1S/C20H24O5/c1-13(2)16-7-5-6-8-18(16)25-19(20(21)22)12-14-11-15(23-3)9-10-17(14)24-4/h5-11,13,19H,12H2,1-4H3,(H,21,22)/t19-/m1/s1. The summed E-state index contributed by atoms with van der Waals surface area (Å²) in [6.07, 6.45) is -0.858. The summed E-state index contributed by atoms with van der Waals surface area (Å²) in [7, 11) is 3.12. The van der Waals surface area contributed by atoms with Crippen molar-refractivity contribution in [2.24, 2.45) is 0 Å². The molecule has 0 aliphatic heterocycles. The number of methoxy groups -OCH3 is 2. The van der Waals surface area contributed by atoms with Gasteiger partial charge in [0.15, 0.2) is 6.10 Å². The van der Waals surface area contributed by atoms with Crippen molar-refractivity contribution in [1.82, 2.24) is 0 Å². The molecule has 0 spiro atoms. The Morgan fingerprint density at radius 1 is 1.04 bits per heavy atom. The number of benzene rings is 2. The summed E-state index contributed by atoms with van der Waals surface area (Å²) in [4.78, 5) is 11.7. The van der Waals surface area contributed by atoms with E-state index in [0.29, 0.717) is 17.2 Å². The van der Waals surface area contributed by atoms with E-state index in [4.69, 9.17) is 14.2 Å². The van der Waals surface area contributed by atoms with E-state index in [1.165, 1.54) is 0 Å². The van der Waals surface area contributed by atoms with Crippen molar-refractivity contribution < 1.29 is 24.1 Å². The van der Waals surface area contributed by atoms with Gasteiger partial charge in [-0.1, -0.05) is 32.0 Å². The predicted molar refractivity (Wildman–Crippen MR) is 95.8 cm³/mol.